The zero-order valence-electron chi connectivity index (χ0n) is 17.1. The summed E-state index contributed by atoms with van der Waals surface area (Å²) in [5, 5.41) is 7.52. The number of hydrogen-bond donors (Lipinski definition) is 1. The van der Waals surface area contributed by atoms with Crippen molar-refractivity contribution in [2.75, 3.05) is 5.32 Å². The van der Waals surface area contributed by atoms with Crippen LogP contribution >= 0.6 is 11.6 Å². The molecule has 3 heterocycles. The van der Waals surface area contributed by atoms with Crippen LogP contribution in [-0.4, -0.2) is 20.6 Å². The van der Waals surface area contributed by atoms with Crippen molar-refractivity contribution in [2.45, 2.75) is 32.7 Å². The van der Waals surface area contributed by atoms with Gasteiger partial charge >= 0.3 is 0 Å². The molecule has 0 saturated carbocycles. The fourth-order valence-electron chi connectivity index (χ4n) is 4.04. The van der Waals surface area contributed by atoms with Crippen molar-refractivity contribution in [1.29, 1.82) is 0 Å². The molecule has 0 unspecified atom stereocenters. The second-order valence-corrected chi connectivity index (χ2v) is 8.06. The molecule has 31 heavy (non-hydrogen) atoms. The number of amides is 1. The molecule has 1 aliphatic rings. The number of fused-ring (bicyclic) bond motifs is 1. The lowest BCUT2D eigenvalue weighted by Crippen LogP contribution is -2.13. The SMILES string of the molecule is Cc1onc(-c2ccccc2Cl)c1C(=O)Nc1ccc(-c2ncc3n2CCCC3)cc1. The Hall–Kier alpha value is -3.38. The normalized spacial score (nSPS) is 13.1. The molecule has 0 bridgehead atoms. The van der Waals surface area contributed by atoms with E-state index in [0.717, 1.165) is 24.4 Å². The molecule has 4 aromatic rings. The van der Waals surface area contributed by atoms with Gasteiger partial charge in [-0.25, -0.2) is 4.98 Å². The Morgan fingerprint density at radius 3 is 2.74 bits per heavy atom. The Balaban J connectivity index is 1.39. The molecule has 1 amide bonds. The minimum absolute atomic E-state index is 0.292. The van der Waals surface area contributed by atoms with Crippen LogP contribution in [0, 0.1) is 6.92 Å². The summed E-state index contributed by atoms with van der Waals surface area (Å²) >= 11 is 6.30. The van der Waals surface area contributed by atoms with Gasteiger partial charge in [0.05, 0.1) is 5.02 Å². The number of nitrogens with one attached hydrogen (secondary N) is 1. The van der Waals surface area contributed by atoms with Crippen molar-refractivity contribution < 1.29 is 9.32 Å². The monoisotopic (exact) mass is 432 g/mol. The van der Waals surface area contributed by atoms with Crippen molar-refractivity contribution in [3.05, 3.63) is 76.8 Å². The largest absolute Gasteiger partial charge is 0.360 e. The third-order valence-corrected chi connectivity index (χ3v) is 5.95. The number of carbonyl (C=O) groups is 1. The first kappa shape index (κ1) is 19.6. The Kier molecular flexibility index (Phi) is 5.08. The highest BCUT2D eigenvalue weighted by Gasteiger charge is 2.23. The average molecular weight is 433 g/mol. The molecule has 0 aliphatic carbocycles. The van der Waals surface area contributed by atoms with Gasteiger partial charge in [0.2, 0.25) is 0 Å². The summed E-state index contributed by atoms with van der Waals surface area (Å²) in [7, 11) is 0. The predicted molar refractivity (Wildman–Crippen MR) is 120 cm³/mol. The number of anilines is 1. The maximum absolute atomic E-state index is 13.0. The van der Waals surface area contributed by atoms with Gasteiger partial charge in [-0.1, -0.05) is 35.0 Å². The highest BCUT2D eigenvalue weighted by molar-refractivity contribution is 6.33. The van der Waals surface area contributed by atoms with Gasteiger partial charge in [0.1, 0.15) is 22.8 Å². The molecule has 6 nitrogen and oxygen atoms in total. The van der Waals surface area contributed by atoms with Crippen molar-refractivity contribution in [1.82, 2.24) is 14.7 Å². The maximum Gasteiger partial charge on any atom is 0.261 e. The Morgan fingerprint density at radius 1 is 1.13 bits per heavy atom. The second-order valence-electron chi connectivity index (χ2n) is 7.66. The summed E-state index contributed by atoms with van der Waals surface area (Å²) in [5.41, 5.74) is 4.47. The summed E-state index contributed by atoms with van der Waals surface area (Å²) in [6.07, 6.45) is 5.44. The summed E-state index contributed by atoms with van der Waals surface area (Å²) in [4.78, 5) is 17.6. The lowest BCUT2D eigenvalue weighted by Gasteiger charge is -2.16. The highest BCUT2D eigenvalue weighted by atomic mass is 35.5. The summed E-state index contributed by atoms with van der Waals surface area (Å²) in [6.45, 7) is 2.72. The van der Waals surface area contributed by atoms with E-state index < -0.39 is 0 Å². The van der Waals surface area contributed by atoms with E-state index >= 15 is 0 Å². The van der Waals surface area contributed by atoms with Crippen molar-refractivity contribution in [2.24, 2.45) is 0 Å². The van der Waals surface area contributed by atoms with Gasteiger partial charge in [0, 0.05) is 35.2 Å². The third-order valence-electron chi connectivity index (χ3n) is 5.62. The van der Waals surface area contributed by atoms with E-state index in [-0.39, 0.29) is 5.91 Å². The number of hydrogen-bond acceptors (Lipinski definition) is 4. The van der Waals surface area contributed by atoms with Crippen LogP contribution in [-0.2, 0) is 13.0 Å². The summed E-state index contributed by atoms with van der Waals surface area (Å²) in [5.74, 6) is 1.12. The fraction of sp³-hybridized carbons (Fsp3) is 0.208. The fourth-order valence-corrected chi connectivity index (χ4v) is 4.26. The van der Waals surface area contributed by atoms with Crippen LogP contribution in [0.3, 0.4) is 0 Å². The molecule has 156 valence electrons. The van der Waals surface area contributed by atoms with Gasteiger partial charge in [-0.05, 0) is 56.5 Å². The smallest absolute Gasteiger partial charge is 0.261 e. The van der Waals surface area contributed by atoms with Crippen LogP contribution in [0.4, 0.5) is 5.69 Å². The van der Waals surface area contributed by atoms with E-state index in [1.54, 1.807) is 13.0 Å². The van der Waals surface area contributed by atoms with Crippen molar-refractivity contribution in [3.63, 3.8) is 0 Å². The Morgan fingerprint density at radius 2 is 1.94 bits per heavy atom. The summed E-state index contributed by atoms with van der Waals surface area (Å²) < 4.78 is 7.59. The van der Waals surface area contributed by atoms with Crippen molar-refractivity contribution in [3.8, 4) is 22.6 Å². The number of halogens is 1. The van der Waals surface area contributed by atoms with E-state index in [1.807, 2.05) is 48.7 Å². The highest BCUT2D eigenvalue weighted by Crippen LogP contribution is 2.32. The van der Waals surface area contributed by atoms with E-state index in [4.69, 9.17) is 16.1 Å². The second kappa shape index (κ2) is 8.04. The van der Waals surface area contributed by atoms with Gasteiger partial charge in [0.25, 0.3) is 5.91 Å². The van der Waals surface area contributed by atoms with Crippen LogP contribution in [0.5, 0.6) is 0 Å². The standard InChI is InChI=1S/C24H21ClN4O2/c1-15-21(22(28-31-15)19-7-2-3-8-20(19)25)24(30)27-17-11-9-16(10-12-17)23-26-14-18-6-4-5-13-29(18)23/h2-3,7-12,14H,4-6,13H2,1H3,(H,27,30). The first-order chi connectivity index (χ1) is 15.1. The molecule has 0 spiro atoms. The average Bonchev–Trinajstić information content (AvgIpc) is 3.38. The topological polar surface area (TPSA) is 73.0 Å². The molecule has 1 N–H and O–H groups in total. The zero-order valence-corrected chi connectivity index (χ0v) is 17.8. The zero-order chi connectivity index (χ0) is 21.4. The van der Waals surface area contributed by atoms with E-state index in [2.05, 4.69) is 20.0 Å². The van der Waals surface area contributed by atoms with Crippen LogP contribution in [0.1, 0.15) is 34.7 Å². The number of rotatable bonds is 4. The summed E-state index contributed by atoms with van der Waals surface area (Å²) in [6, 6.07) is 15.0. The first-order valence-electron chi connectivity index (χ1n) is 10.3. The molecular formula is C24H21ClN4O2. The molecule has 0 fully saturated rings. The molecule has 5 rings (SSSR count). The van der Waals surface area contributed by atoms with E-state index in [1.165, 1.54) is 18.5 Å². The lowest BCUT2D eigenvalue weighted by atomic mass is 10.1. The Bertz CT molecular complexity index is 1260. The minimum atomic E-state index is -0.292. The molecule has 1 aliphatic heterocycles. The molecule has 0 atom stereocenters. The van der Waals surface area contributed by atoms with Gasteiger partial charge in [-0.15, -0.1) is 0 Å². The number of nitrogens with zero attached hydrogens (tertiary/aromatic N) is 3. The van der Waals surface area contributed by atoms with Crippen LogP contribution in [0.15, 0.2) is 59.3 Å². The van der Waals surface area contributed by atoms with Gasteiger partial charge in [-0.3, -0.25) is 4.79 Å². The van der Waals surface area contributed by atoms with Crippen molar-refractivity contribution >= 4 is 23.2 Å². The van der Waals surface area contributed by atoms with Gasteiger partial charge in [0.15, 0.2) is 0 Å². The molecule has 0 saturated heterocycles. The molecule has 0 radical (unpaired) electrons. The van der Waals surface area contributed by atoms with E-state index in [9.17, 15) is 4.79 Å². The van der Waals surface area contributed by atoms with Crippen LogP contribution in [0.2, 0.25) is 5.02 Å². The van der Waals surface area contributed by atoms with Gasteiger partial charge < -0.3 is 14.4 Å². The molecule has 7 heteroatoms. The molecule has 2 aromatic heterocycles. The van der Waals surface area contributed by atoms with Gasteiger partial charge in [-0.2, -0.15) is 0 Å². The lowest BCUT2D eigenvalue weighted by molar-refractivity contribution is 0.102. The molecular weight excluding hydrogens is 412 g/mol. The molecule has 2 aromatic carbocycles. The predicted octanol–water partition coefficient (Wildman–Crippen LogP) is 5.76. The number of benzene rings is 2. The number of carbonyl (C=O) groups excluding carboxylic acids is 1. The third kappa shape index (κ3) is 3.64. The number of aromatic nitrogens is 3. The number of imidazole rings is 1. The van der Waals surface area contributed by atoms with Crippen LogP contribution < -0.4 is 5.32 Å². The van der Waals surface area contributed by atoms with Crippen LogP contribution in [0.25, 0.3) is 22.6 Å². The van der Waals surface area contributed by atoms with E-state index in [0.29, 0.717) is 33.3 Å². The maximum atomic E-state index is 13.0. The number of aryl methyl sites for hydroxylation is 2. The first-order valence-corrected chi connectivity index (χ1v) is 10.7. The Labute approximate surface area is 184 Å². The minimum Gasteiger partial charge on any atom is -0.360 e. The quantitative estimate of drug-likeness (QED) is 0.445.